The standard InChI is InChI=1S/C22H28N2O3S/c1-4-9-18(3)23-22(25)20-14-12-19(13-15-20)17-24(16-5-2)28(26,27)21-10-7-6-8-11-21/h5-8,10-15,18H,2,4,9,16-17H2,1,3H3,(H,23,25). The first-order valence-corrected chi connectivity index (χ1v) is 10.9. The van der Waals surface area contributed by atoms with Crippen molar-refractivity contribution < 1.29 is 13.2 Å². The molecule has 28 heavy (non-hydrogen) atoms. The molecule has 1 atom stereocenters. The van der Waals surface area contributed by atoms with Gasteiger partial charge in [-0.05, 0) is 43.2 Å². The first-order valence-electron chi connectivity index (χ1n) is 9.44. The second-order valence-corrected chi connectivity index (χ2v) is 8.70. The van der Waals surface area contributed by atoms with Crippen LogP contribution >= 0.6 is 0 Å². The minimum atomic E-state index is -3.63. The van der Waals surface area contributed by atoms with Gasteiger partial charge in [-0.1, -0.05) is 49.8 Å². The molecule has 0 spiro atoms. The summed E-state index contributed by atoms with van der Waals surface area (Å²) in [6.07, 6.45) is 3.50. The van der Waals surface area contributed by atoms with Crippen molar-refractivity contribution in [2.24, 2.45) is 0 Å². The van der Waals surface area contributed by atoms with Crippen molar-refractivity contribution in [1.82, 2.24) is 9.62 Å². The van der Waals surface area contributed by atoms with E-state index in [1.807, 2.05) is 6.92 Å². The SMILES string of the molecule is C=CCN(Cc1ccc(C(=O)NC(C)CCC)cc1)S(=O)(=O)c1ccccc1. The van der Waals surface area contributed by atoms with Crippen LogP contribution in [0, 0.1) is 0 Å². The average Bonchev–Trinajstić information content (AvgIpc) is 2.69. The fraction of sp³-hybridized carbons (Fsp3) is 0.318. The van der Waals surface area contributed by atoms with Gasteiger partial charge in [0.05, 0.1) is 4.90 Å². The Kier molecular flexibility index (Phi) is 7.96. The van der Waals surface area contributed by atoms with Crippen molar-refractivity contribution in [3.63, 3.8) is 0 Å². The number of amides is 1. The summed E-state index contributed by atoms with van der Waals surface area (Å²) >= 11 is 0. The van der Waals surface area contributed by atoms with Gasteiger partial charge < -0.3 is 5.32 Å². The van der Waals surface area contributed by atoms with Crippen LogP contribution < -0.4 is 5.32 Å². The monoisotopic (exact) mass is 400 g/mol. The molecular formula is C22H28N2O3S. The van der Waals surface area contributed by atoms with Crippen LogP contribution in [0.3, 0.4) is 0 Å². The lowest BCUT2D eigenvalue weighted by molar-refractivity contribution is 0.0938. The maximum atomic E-state index is 12.9. The summed E-state index contributed by atoms with van der Waals surface area (Å²) in [5, 5.41) is 2.96. The van der Waals surface area contributed by atoms with Gasteiger partial charge in [0.25, 0.3) is 5.91 Å². The van der Waals surface area contributed by atoms with E-state index in [0.29, 0.717) is 5.56 Å². The second kappa shape index (κ2) is 10.2. The first-order chi connectivity index (χ1) is 13.4. The van der Waals surface area contributed by atoms with Crippen LogP contribution in [0.25, 0.3) is 0 Å². The van der Waals surface area contributed by atoms with Gasteiger partial charge in [-0.25, -0.2) is 8.42 Å². The highest BCUT2D eigenvalue weighted by atomic mass is 32.2. The summed E-state index contributed by atoms with van der Waals surface area (Å²) in [5.41, 5.74) is 1.37. The minimum Gasteiger partial charge on any atom is -0.350 e. The van der Waals surface area contributed by atoms with Gasteiger partial charge in [0.15, 0.2) is 0 Å². The Labute approximate surface area is 168 Å². The van der Waals surface area contributed by atoms with E-state index in [-0.39, 0.29) is 29.9 Å². The van der Waals surface area contributed by atoms with E-state index in [1.165, 1.54) is 4.31 Å². The molecule has 0 bridgehead atoms. The molecule has 1 amide bonds. The maximum Gasteiger partial charge on any atom is 0.251 e. The highest BCUT2D eigenvalue weighted by Gasteiger charge is 2.23. The second-order valence-electron chi connectivity index (χ2n) is 6.76. The molecule has 0 radical (unpaired) electrons. The molecule has 0 aromatic heterocycles. The number of benzene rings is 2. The van der Waals surface area contributed by atoms with Crippen LogP contribution in [0.4, 0.5) is 0 Å². The third-order valence-electron chi connectivity index (χ3n) is 4.39. The van der Waals surface area contributed by atoms with E-state index < -0.39 is 10.0 Å². The number of carbonyl (C=O) groups is 1. The van der Waals surface area contributed by atoms with Gasteiger partial charge >= 0.3 is 0 Å². The summed E-state index contributed by atoms with van der Waals surface area (Å²) in [4.78, 5) is 12.5. The zero-order valence-electron chi connectivity index (χ0n) is 16.5. The molecule has 0 heterocycles. The fourth-order valence-corrected chi connectivity index (χ4v) is 4.33. The number of hydrogen-bond donors (Lipinski definition) is 1. The summed E-state index contributed by atoms with van der Waals surface area (Å²) in [7, 11) is -3.63. The lowest BCUT2D eigenvalue weighted by Gasteiger charge is -2.21. The smallest absolute Gasteiger partial charge is 0.251 e. The van der Waals surface area contributed by atoms with Crippen molar-refractivity contribution in [2.45, 2.75) is 44.2 Å². The molecule has 2 aromatic rings. The predicted octanol–water partition coefficient (Wildman–Crippen LogP) is 3.98. The zero-order valence-corrected chi connectivity index (χ0v) is 17.3. The molecule has 0 saturated heterocycles. The van der Waals surface area contributed by atoms with E-state index >= 15 is 0 Å². The first kappa shape index (κ1) is 21.9. The van der Waals surface area contributed by atoms with Gasteiger partial charge in [0.2, 0.25) is 10.0 Å². The molecule has 2 aromatic carbocycles. The van der Waals surface area contributed by atoms with Crippen molar-refractivity contribution in [3.8, 4) is 0 Å². The van der Waals surface area contributed by atoms with E-state index in [0.717, 1.165) is 18.4 Å². The largest absolute Gasteiger partial charge is 0.350 e. The molecule has 0 saturated carbocycles. The number of nitrogens with zero attached hydrogens (tertiary/aromatic N) is 1. The van der Waals surface area contributed by atoms with Crippen molar-refractivity contribution in [3.05, 3.63) is 78.4 Å². The summed E-state index contributed by atoms with van der Waals surface area (Å²) in [6, 6.07) is 15.5. The molecule has 2 rings (SSSR count). The lowest BCUT2D eigenvalue weighted by Crippen LogP contribution is -2.32. The number of sulfonamides is 1. The van der Waals surface area contributed by atoms with Crippen LogP contribution in [0.2, 0.25) is 0 Å². The van der Waals surface area contributed by atoms with E-state index in [1.54, 1.807) is 60.7 Å². The Bertz CT molecular complexity index is 878. The average molecular weight is 401 g/mol. The van der Waals surface area contributed by atoms with Crippen LogP contribution in [0.1, 0.15) is 42.6 Å². The van der Waals surface area contributed by atoms with Crippen LogP contribution in [-0.2, 0) is 16.6 Å². The van der Waals surface area contributed by atoms with E-state index in [9.17, 15) is 13.2 Å². The molecule has 0 aliphatic carbocycles. The molecule has 5 nitrogen and oxygen atoms in total. The van der Waals surface area contributed by atoms with Crippen molar-refractivity contribution in [1.29, 1.82) is 0 Å². The Hall–Kier alpha value is -2.44. The number of hydrogen-bond acceptors (Lipinski definition) is 3. The van der Waals surface area contributed by atoms with Crippen molar-refractivity contribution >= 4 is 15.9 Å². The third-order valence-corrected chi connectivity index (χ3v) is 6.21. The summed E-state index contributed by atoms with van der Waals surface area (Å²) in [5.74, 6) is -0.118. The topological polar surface area (TPSA) is 66.5 Å². The van der Waals surface area contributed by atoms with Gasteiger partial charge in [0.1, 0.15) is 0 Å². The number of carbonyl (C=O) groups excluding carboxylic acids is 1. The molecule has 0 fully saturated rings. The molecule has 0 aliphatic heterocycles. The van der Waals surface area contributed by atoms with Gasteiger partial charge in [-0.3, -0.25) is 4.79 Å². The highest BCUT2D eigenvalue weighted by molar-refractivity contribution is 7.89. The van der Waals surface area contributed by atoms with E-state index in [4.69, 9.17) is 0 Å². The number of nitrogens with one attached hydrogen (secondary N) is 1. The number of rotatable bonds is 10. The molecule has 1 N–H and O–H groups in total. The Morgan fingerprint density at radius 3 is 2.36 bits per heavy atom. The molecule has 0 aliphatic rings. The van der Waals surface area contributed by atoms with Gasteiger partial charge in [0, 0.05) is 24.7 Å². The molecule has 150 valence electrons. The van der Waals surface area contributed by atoms with E-state index in [2.05, 4.69) is 18.8 Å². The molecule has 1 unspecified atom stereocenters. The Morgan fingerprint density at radius 2 is 1.79 bits per heavy atom. The predicted molar refractivity (Wildman–Crippen MR) is 113 cm³/mol. The maximum absolute atomic E-state index is 12.9. The minimum absolute atomic E-state index is 0.118. The van der Waals surface area contributed by atoms with Crippen LogP contribution in [0.5, 0.6) is 0 Å². The molecule has 6 heteroatoms. The third kappa shape index (κ3) is 5.78. The fourth-order valence-electron chi connectivity index (χ4n) is 2.91. The van der Waals surface area contributed by atoms with Crippen LogP contribution in [-0.4, -0.2) is 31.2 Å². The highest BCUT2D eigenvalue weighted by Crippen LogP contribution is 2.18. The van der Waals surface area contributed by atoms with Crippen LogP contribution in [0.15, 0.2) is 72.1 Å². The summed E-state index contributed by atoms with van der Waals surface area (Å²) < 4.78 is 27.2. The Morgan fingerprint density at radius 1 is 1.14 bits per heavy atom. The summed E-state index contributed by atoms with van der Waals surface area (Å²) in [6.45, 7) is 8.14. The zero-order chi connectivity index (χ0) is 20.6. The van der Waals surface area contributed by atoms with Crippen molar-refractivity contribution in [2.75, 3.05) is 6.54 Å². The van der Waals surface area contributed by atoms with Gasteiger partial charge in [-0.15, -0.1) is 6.58 Å². The van der Waals surface area contributed by atoms with Gasteiger partial charge in [-0.2, -0.15) is 4.31 Å². The quantitative estimate of drug-likeness (QED) is 0.614. The normalized spacial score (nSPS) is 12.5. The molecular weight excluding hydrogens is 372 g/mol. The Balaban J connectivity index is 2.14. The lowest BCUT2D eigenvalue weighted by atomic mass is 10.1.